The van der Waals surface area contributed by atoms with E-state index in [2.05, 4.69) is 4.98 Å². The number of para-hydroxylation sites is 1. The highest BCUT2D eigenvalue weighted by Crippen LogP contribution is 2.42. The molecule has 150 valence electrons. The van der Waals surface area contributed by atoms with Gasteiger partial charge in [-0.2, -0.15) is 13.2 Å². The number of anilines is 1. The van der Waals surface area contributed by atoms with Crippen molar-refractivity contribution in [1.29, 1.82) is 0 Å². The van der Waals surface area contributed by atoms with Crippen LogP contribution in [0.3, 0.4) is 0 Å². The van der Waals surface area contributed by atoms with Gasteiger partial charge in [-0.05, 0) is 24.3 Å². The molecule has 1 atom stereocenters. The van der Waals surface area contributed by atoms with Gasteiger partial charge >= 0.3 is 12.1 Å². The molecule has 2 aromatic carbocycles. The molecular formula is C19H13F3N2O3S2. The zero-order valence-corrected chi connectivity index (χ0v) is 16.3. The van der Waals surface area contributed by atoms with Gasteiger partial charge in [0.15, 0.2) is 0 Å². The topological polar surface area (TPSA) is 70.5 Å². The summed E-state index contributed by atoms with van der Waals surface area (Å²) in [5.41, 5.74) is 0.0527. The number of halogens is 3. The summed E-state index contributed by atoms with van der Waals surface area (Å²) in [7, 11) is 0. The first kappa shape index (κ1) is 19.7. The van der Waals surface area contributed by atoms with Crippen LogP contribution in [0.5, 0.6) is 0 Å². The summed E-state index contributed by atoms with van der Waals surface area (Å²) in [5, 5.41) is 8.65. The molecule has 1 amide bonds. The number of alkyl halides is 3. The van der Waals surface area contributed by atoms with E-state index in [1.165, 1.54) is 28.8 Å². The van der Waals surface area contributed by atoms with Crippen molar-refractivity contribution in [3.05, 3.63) is 53.0 Å². The van der Waals surface area contributed by atoms with E-state index < -0.39 is 28.9 Å². The Balaban J connectivity index is 1.73. The number of hydrogen-bond donors (Lipinski definition) is 1. The molecule has 5 nitrogen and oxygen atoms in total. The second kappa shape index (κ2) is 7.34. The molecular weight excluding hydrogens is 425 g/mol. The minimum atomic E-state index is -4.50. The van der Waals surface area contributed by atoms with Crippen LogP contribution in [-0.4, -0.2) is 27.2 Å². The van der Waals surface area contributed by atoms with Crippen molar-refractivity contribution in [2.45, 2.75) is 29.3 Å². The molecule has 0 spiro atoms. The number of carbonyl (C=O) groups is 2. The maximum atomic E-state index is 13.3. The van der Waals surface area contributed by atoms with Gasteiger partial charge in [0.25, 0.3) is 0 Å². The lowest BCUT2D eigenvalue weighted by molar-refractivity contribution is -0.138. The van der Waals surface area contributed by atoms with Crippen LogP contribution in [0.15, 0.2) is 47.4 Å². The smallest absolute Gasteiger partial charge is 0.417 e. The molecule has 0 saturated carbocycles. The summed E-state index contributed by atoms with van der Waals surface area (Å²) in [5.74, 6) is -1.49. The number of benzene rings is 2. The van der Waals surface area contributed by atoms with Gasteiger partial charge in [0.05, 0.1) is 39.7 Å². The number of hydrogen-bond acceptors (Lipinski definition) is 5. The van der Waals surface area contributed by atoms with E-state index in [4.69, 9.17) is 5.11 Å². The summed E-state index contributed by atoms with van der Waals surface area (Å²) in [6.07, 6.45) is -4.84. The first-order valence-corrected chi connectivity index (χ1v) is 10.2. The lowest BCUT2D eigenvalue weighted by Crippen LogP contribution is -2.41. The van der Waals surface area contributed by atoms with Gasteiger partial charge < -0.3 is 10.0 Å². The maximum absolute atomic E-state index is 13.3. The fourth-order valence-corrected chi connectivity index (χ4v) is 5.45. The average molecular weight is 438 g/mol. The number of carboxylic acid groups (broad SMARTS) is 1. The van der Waals surface area contributed by atoms with Crippen LogP contribution in [-0.2, 0) is 22.3 Å². The number of thiazole rings is 1. The molecule has 3 aromatic rings. The van der Waals surface area contributed by atoms with Gasteiger partial charge in [-0.1, -0.05) is 18.2 Å². The Morgan fingerprint density at radius 1 is 1.17 bits per heavy atom. The number of thioether (sulfide) groups is 1. The van der Waals surface area contributed by atoms with Crippen molar-refractivity contribution >= 4 is 50.9 Å². The van der Waals surface area contributed by atoms with Crippen molar-refractivity contribution in [2.24, 2.45) is 0 Å². The molecule has 4 rings (SSSR count). The number of carboxylic acids is 1. The predicted molar refractivity (Wildman–Crippen MR) is 104 cm³/mol. The van der Waals surface area contributed by atoms with Crippen molar-refractivity contribution < 1.29 is 27.9 Å². The molecule has 1 N–H and O–H groups in total. The summed E-state index contributed by atoms with van der Waals surface area (Å²) in [6, 6.07) is 10.8. The maximum Gasteiger partial charge on any atom is 0.417 e. The lowest BCUT2D eigenvalue weighted by atomic mass is 10.2. The van der Waals surface area contributed by atoms with Crippen LogP contribution in [0, 0.1) is 0 Å². The zero-order chi connectivity index (χ0) is 20.8. The summed E-state index contributed by atoms with van der Waals surface area (Å²) in [6.45, 7) is -0.0246. The molecule has 1 unspecified atom stereocenters. The Morgan fingerprint density at radius 3 is 2.66 bits per heavy atom. The largest absolute Gasteiger partial charge is 0.481 e. The zero-order valence-electron chi connectivity index (χ0n) is 14.6. The Morgan fingerprint density at radius 2 is 1.93 bits per heavy atom. The molecule has 1 aromatic heterocycles. The van der Waals surface area contributed by atoms with E-state index in [1.54, 1.807) is 24.3 Å². The van der Waals surface area contributed by atoms with Crippen LogP contribution >= 0.6 is 23.1 Å². The Kier molecular flexibility index (Phi) is 4.99. The molecule has 2 heterocycles. The molecule has 29 heavy (non-hydrogen) atoms. The second-order valence-corrected chi connectivity index (χ2v) is 8.68. The van der Waals surface area contributed by atoms with Gasteiger partial charge in [0, 0.05) is 4.90 Å². The molecule has 1 aliphatic rings. The van der Waals surface area contributed by atoms with Crippen LogP contribution in [0.4, 0.5) is 18.9 Å². The number of nitrogens with zero attached hydrogens (tertiary/aromatic N) is 2. The average Bonchev–Trinajstić information content (AvgIpc) is 3.06. The van der Waals surface area contributed by atoms with E-state index in [0.29, 0.717) is 10.7 Å². The van der Waals surface area contributed by atoms with Crippen molar-refractivity contribution in [3.63, 3.8) is 0 Å². The third kappa shape index (κ3) is 3.82. The number of amides is 1. The van der Waals surface area contributed by atoms with Gasteiger partial charge in [0.2, 0.25) is 5.91 Å². The molecule has 0 aliphatic carbocycles. The van der Waals surface area contributed by atoms with Crippen molar-refractivity contribution in [3.8, 4) is 0 Å². The molecule has 0 bridgehead atoms. The van der Waals surface area contributed by atoms with Gasteiger partial charge in [0.1, 0.15) is 5.01 Å². The summed E-state index contributed by atoms with van der Waals surface area (Å²) >= 11 is 2.07. The molecule has 0 fully saturated rings. The second-order valence-electron chi connectivity index (χ2n) is 6.36. The first-order valence-electron chi connectivity index (χ1n) is 8.48. The SMILES string of the molecule is O=C(O)CC1Sc2ccccc2N(Cc2nc3cccc(C(F)(F)F)c3s2)C1=O. The lowest BCUT2D eigenvalue weighted by Gasteiger charge is -2.32. The first-order chi connectivity index (χ1) is 13.7. The minimum Gasteiger partial charge on any atom is -0.481 e. The van der Waals surface area contributed by atoms with Crippen LogP contribution in [0.25, 0.3) is 10.2 Å². The van der Waals surface area contributed by atoms with E-state index >= 15 is 0 Å². The standard InChI is InChI=1S/C19H13F3N2O3S2/c20-19(21,22)10-4-3-5-11-17(10)29-15(23-11)9-24-12-6-1-2-7-13(12)28-14(18(24)27)8-16(25)26/h1-7,14H,8-9H2,(H,25,26). The Labute approximate surface area is 171 Å². The van der Waals surface area contributed by atoms with Crippen molar-refractivity contribution in [2.75, 3.05) is 4.90 Å². The number of aliphatic carboxylic acids is 1. The third-order valence-electron chi connectivity index (χ3n) is 4.38. The highest BCUT2D eigenvalue weighted by Gasteiger charge is 2.36. The number of carbonyl (C=O) groups excluding carboxylic acids is 1. The highest BCUT2D eigenvalue weighted by atomic mass is 32.2. The Hall–Kier alpha value is -2.59. The number of rotatable bonds is 4. The van der Waals surface area contributed by atoms with E-state index in [1.807, 2.05) is 0 Å². The Bertz CT molecular complexity index is 1110. The van der Waals surface area contributed by atoms with Gasteiger partial charge in [-0.15, -0.1) is 23.1 Å². The summed E-state index contributed by atoms with van der Waals surface area (Å²) < 4.78 is 39.8. The minimum absolute atomic E-state index is 0.0178. The monoisotopic (exact) mass is 438 g/mol. The third-order valence-corrected chi connectivity index (χ3v) is 6.73. The predicted octanol–water partition coefficient (Wildman–Crippen LogP) is 4.80. The van der Waals surface area contributed by atoms with E-state index in [9.17, 15) is 22.8 Å². The van der Waals surface area contributed by atoms with Gasteiger partial charge in [-0.3, -0.25) is 9.59 Å². The quantitative estimate of drug-likeness (QED) is 0.634. The molecule has 1 aliphatic heterocycles. The highest BCUT2D eigenvalue weighted by molar-refractivity contribution is 8.01. The van der Waals surface area contributed by atoms with Crippen LogP contribution in [0.1, 0.15) is 17.0 Å². The van der Waals surface area contributed by atoms with Crippen LogP contribution < -0.4 is 4.90 Å². The number of fused-ring (bicyclic) bond motifs is 2. The molecule has 10 heteroatoms. The fourth-order valence-electron chi connectivity index (χ4n) is 3.15. The van der Waals surface area contributed by atoms with Crippen molar-refractivity contribution in [1.82, 2.24) is 4.98 Å². The normalized spacial score (nSPS) is 16.9. The summed E-state index contributed by atoms with van der Waals surface area (Å²) in [4.78, 5) is 30.5. The number of aromatic nitrogens is 1. The molecule has 0 radical (unpaired) electrons. The van der Waals surface area contributed by atoms with E-state index in [-0.39, 0.29) is 23.2 Å². The van der Waals surface area contributed by atoms with Gasteiger partial charge in [-0.25, -0.2) is 4.98 Å². The molecule has 0 saturated heterocycles. The van der Waals surface area contributed by atoms with E-state index in [0.717, 1.165) is 22.3 Å². The van der Waals surface area contributed by atoms with Crippen LogP contribution in [0.2, 0.25) is 0 Å². The fraction of sp³-hybridized carbons (Fsp3) is 0.211.